The minimum Gasteiger partial charge on any atom is -0.318 e. The number of hydrogen-bond donors (Lipinski definition) is 0. The van der Waals surface area contributed by atoms with Gasteiger partial charge in [-0.2, -0.15) is 12.2 Å². The number of allylic oxidation sites excluding steroid dienone is 8. The fraction of sp³-hybridized carbons (Fsp3) is 0.733. The molecule has 0 bridgehead atoms. The molecule has 2 aliphatic carbocycles. The molecule has 0 aromatic carbocycles. The van der Waals surface area contributed by atoms with Gasteiger partial charge in [0.1, 0.15) is 16.5 Å². The van der Waals surface area contributed by atoms with E-state index in [4.69, 9.17) is 0 Å². The molecule has 202 valence electrons. The van der Waals surface area contributed by atoms with Crippen LogP contribution in [0, 0.1) is 12.2 Å². The van der Waals surface area contributed by atoms with E-state index in [-0.39, 0.29) is 25.8 Å². The van der Waals surface area contributed by atoms with Crippen molar-refractivity contribution in [2.45, 2.75) is 145 Å². The summed E-state index contributed by atoms with van der Waals surface area (Å²) in [6.07, 6.45) is 20.7. The van der Waals surface area contributed by atoms with E-state index in [9.17, 15) is 0 Å². The summed E-state index contributed by atoms with van der Waals surface area (Å²) < 4.78 is 5.37. The molecule has 0 saturated carbocycles. The zero-order valence-corrected chi connectivity index (χ0v) is 31.4. The van der Waals surface area contributed by atoms with Gasteiger partial charge >= 0.3 is 0 Å². The second-order valence-corrected chi connectivity index (χ2v) is 20.0. The van der Waals surface area contributed by atoms with Gasteiger partial charge in [-0.25, -0.2) is 22.5 Å². The summed E-state index contributed by atoms with van der Waals surface area (Å²) in [6.45, 7) is 32.5. The number of unbranched alkanes of at least 4 members (excludes halogenated alkanes) is 1. The zero-order valence-electron chi connectivity index (χ0n) is 25.8. The Hall–Kier alpha value is 0.184. The van der Waals surface area contributed by atoms with Crippen LogP contribution in [0.2, 0.25) is 26.2 Å². The first-order valence-corrected chi connectivity index (χ1v) is 19.7. The van der Waals surface area contributed by atoms with Crippen molar-refractivity contribution in [3.63, 3.8) is 0 Å². The Balaban J connectivity index is 0. The van der Waals surface area contributed by atoms with Crippen molar-refractivity contribution in [1.29, 1.82) is 0 Å². The van der Waals surface area contributed by atoms with Crippen molar-refractivity contribution >= 4 is 16.5 Å². The predicted molar refractivity (Wildman–Crippen MR) is 161 cm³/mol. The molecular weight excluding hydrogens is 623 g/mol. The van der Waals surface area contributed by atoms with Crippen LogP contribution in [0.5, 0.6) is 0 Å². The molecule has 0 aromatic heterocycles. The van der Waals surface area contributed by atoms with E-state index in [2.05, 4.69) is 141 Å². The summed E-state index contributed by atoms with van der Waals surface area (Å²) in [7, 11) is -2.95. The molecule has 5 heteroatoms. The fourth-order valence-corrected chi connectivity index (χ4v) is 13.5. The van der Waals surface area contributed by atoms with Gasteiger partial charge in [0.25, 0.3) is 0 Å². The summed E-state index contributed by atoms with van der Waals surface area (Å²) in [4.78, 5) is 0. The Morgan fingerprint density at radius 3 is 1.03 bits per heavy atom. The minimum atomic E-state index is -1.47. The minimum absolute atomic E-state index is 0. The summed E-state index contributed by atoms with van der Waals surface area (Å²) in [5.41, 5.74) is 0. The third-order valence-corrected chi connectivity index (χ3v) is 14.7. The van der Waals surface area contributed by atoms with Crippen LogP contribution in [0.15, 0.2) is 34.7 Å². The van der Waals surface area contributed by atoms with Gasteiger partial charge in [-0.15, -0.1) is 12.8 Å². The molecule has 0 spiro atoms. The third-order valence-electron chi connectivity index (χ3n) is 6.72. The molecule has 0 aromatic rings. The van der Waals surface area contributed by atoms with Crippen molar-refractivity contribution in [2.75, 3.05) is 0 Å². The Kier molecular flexibility index (Phi) is 18.8. The molecule has 0 unspecified atom stereocenters. The number of nitrogens with zero attached hydrogens (tertiary/aromatic N) is 2. The van der Waals surface area contributed by atoms with Crippen LogP contribution < -0.4 is 0 Å². The Morgan fingerprint density at radius 1 is 0.629 bits per heavy atom. The largest absolute Gasteiger partial charge is 0.318 e. The number of hydrogen-bond acceptors (Lipinski definition) is 2. The molecule has 0 radical (unpaired) electrons. The quantitative estimate of drug-likeness (QED) is 0.177. The summed E-state index contributed by atoms with van der Waals surface area (Å²) in [5, 5.41) is 2.95. The first kappa shape index (κ1) is 37.3. The van der Waals surface area contributed by atoms with Gasteiger partial charge in [-0.1, -0.05) is 108 Å². The average molecular weight is 681 g/mol. The van der Waals surface area contributed by atoms with Crippen molar-refractivity contribution in [3.8, 4) is 0 Å². The number of rotatable bonds is 9. The van der Waals surface area contributed by atoms with Crippen LogP contribution in [0.1, 0.15) is 94.9 Å². The van der Waals surface area contributed by atoms with E-state index < -0.39 is 16.5 Å². The first-order valence-electron chi connectivity index (χ1n) is 13.8. The van der Waals surface area contributed by atoms with Crippen LogP contribution in [0.3, 0.4) is 0 Å². The van der Waals surface area contributed by atoms with Gasteiger partial charge in [0.05, 0.1) is 0 Å². The smallest absolute Gasteiger partial charge is 0.118 e. The maximum atomic E-state index is 3.51. The maximum Gasteiger partial charge on any atom is 0.118 e. The summed E-state index contributed by atoms with van der Waals surface area (Å²) in [6, 6.07) is 2.48. The van der Waals surface area contributed by atoms with E-state index in [1.54, 1.807) is 0 Å². The molecule has 2 nitrogen and oxygen atoms in total. The van der Waals surface area contributed by atoms with E-state index in [0.29, 0.717) is 24.2 Å². The molecule has 0 saturated heterocycles. The van der Waals surface area contributed by atoms with Gasteiger partial charge < -0.3 is 9.13 Å². The third kappa shape index (κ3) is 11.6. The van der Waals surface area contributed by atoms with Gasteiger partial charge in [-0.3, -0.25) is 12.2 Å². The van der Waals surface area contributed by atoms with Crippen molar-refractivity contribution < 1.29 is 25.8 Å². The molecule has 0 amide bonds. The monoisotopic (exact) mass is 682 g/mol. The van der Waals surface area contributed by atoms with Crippen LogP contribution in [0.25, 0.3) is 0 Å². The zero-order chi connectivity index (χ0) is 26.7. The Labute approximate surface area is 242 Å². The maximum absolute atomic E-state index is 3.51. The van der Waals surface area contributed by atoms with Crippen LogP contribution in [-0.4, -0.2) is 49.8 Å². The molecule has 0 heterocycles. The van der Waals surface area contributed by atoms with Gasteiger partial charge in [-0.05, 0) is 24.2 Å². The molecule has 0 fully saturated rings. The van der Waals surface area contributed by atoms with E-state index in [1.807, 2.05) is 0 Å². The predicted octanol–water partition coefficient (Wildman–Crippen LogP) is 8.88. The standard InChI is InChI=1S/2C13H24NSi.C4H10.Hf/c2*1-11(2)14(12(3)4)15(5,6)13-9-7-8-10-13;1-3-4-2;/h2*7,9,11-12H,8H2,1-6H3;3-4H2,1-2H3;/q2*-1;;. The SMILES string of the molecule is CC(C)N(C(C)C)[Si](C)(C)C1=[C-]CC=C1.CC(C)N(C(C)C)[Si](C)(C)C1=[C-]CC=C1.CCCC.[Hf]. The van der Waals surface area contributed by atoms with E-state index in [1.165, 1.54) is 23.2 Å². The molecule has 0 N–H and O–H groups in total. The molecule has 2 aliphatic rings. The second-order valence-electron chi connectivity index (χ2n) is 11.7. The molecule has 0 atom stereocenters. The molecule has 2 rings (SSSR count). The van der Waals surface area contributed by atoms with Crippen LogP contribution in [0.4, 0.5) is 0 Å². The van der Waals surface area contributed by atoms with E-state index >= 15 is 0 Å². The molecular formula is C30H58HfN2Si2-2. The summed E-state index contributed by atoms with van der Waals surface area (Å²) in [5.74, 6) is 0. The van der Waals surface area contributed by atoms with Crippen molar-refractivity contribution in [2.24, 2.45) is 0 Å². The molecule has 0 aliphatic heterocycles. The Morgan fingerprint density at radius 2 is 0.886 bits per heavy atom. The first-order chi connectivity index (χ1) is 15.7. The van der Waals surface area contributed by atoms with Gasteiger partial charge in [0.15, 0.2) is 0 Å². The fourth-order valence-electron chi connectivity index (χ4n) is 5.70. The van der Waals surface area contributed by atoms with Crippen molar-refractivity contribution in [1.82, 2.24) is 9.13 Å². The molecule has 35 heavy (non-hydrogen) atoms. The normalized spacial score (nSPS) is 15.4. The van der Waals surface area contributed by atoms with Crippen molar-refractivity contribution in [3.05, 3.63) is 46.8 Å². The van der Waals surface area contributed by atoms with Crippen LogP contribution in [-0.2, 0) is 25.8 Å². The Bertz CT molecular complexity index is 625. The van der Waals surface area contributed by atoms with Gasteiger partial charge in [0.2, 0.25) is 0 Å². The van der Waals surface area contributed by atoms with E-state index in [0.717, 1.165) is 12.8 Å². The summed E-state index contributed by atoms with van der Waals surface area (Å²) >= 11 is 0. The van der Waals surface area contributed by atoms with Gasteiger partial charge in [0, 0.05) is 25.8 Å². The topological polar surface area (TPSA) is 6.48 Å². The second kappa shape index (κ2) is 17.6. The average Bonchev–Trinajstić information content (AvgIpc) is 3.41. The van der Waals surface area contributed by atoms with Crippen LogP contribution >= 0.6 is 0 Å².